The lowest BCUT2D eigenvalue weighted by molar-refractivity contribution is 0.0525. The Morgan fingerprint density at radius 2 is 1.94 bits per heavy atom. The van der Waals surface area contributed by atoms with Gasteiger partial charge in [0.05, 0.1) is 54.0 Å². The summed E-state index contributed by atoms with van der Waals surface area (Å²) in [5, 5.41) is 11.3. The second-order valence-corrected chi connectivity index (χ2v) is 9.48. The smallest absolute Gasteiger partial charge is 0.340 e. The van der Waals surface area contributed by atoms with Gasteiger partial charge >= 0.3 is 5.97 Å². The van der Waals surface area contributed by atoms with Crippen molar-refractivity contribution in [3.05, 3.63) is 78.0 Å². The van der Waals surface area contributed by atoms with Gasteiger partial charge < -0.3 is 19.1 Å². The standard InChI is InChI=1S/C24H23N3O6S/c1-3-33-24(29)18-11-16-12-21(32-2)23(28)19(13-27-10-9-25-15-27)22(16)26-20(18)14-34(30,31)17-7-5-4-6-8-17/h4-12,15,28H,3,13-14H2,1-2H3. The van der Waals surface area contributed by atoms with Gasteiger partial charge in [-0.2, -0.15) is 0 Å². The van der Waals surface area contributed by atoms with Crippen molar-refractivity contribution in [1.82, 2.24) is 14.5 Å². The SMILES string of the molecule is CCOC(=O)c1cc2cc(OC)c(O)c(Cn3ccnc3)c2nc1CS(=O)(=O)c1ccccc1. The van der Waals surface area contributed by atoms with Crippen LogP contribution in [-0.4, -0.2) is 47.7 Å². The lowest BCUT2D eigenvalue weighted by atomic mass is 10.0. The maximum atomic E-state index is 13.1. The molecule has 4 rings (SSSR count). The minimum atomic E-state index is -3.81. The molecule has 0 saturated heterocycles. The van der Waals surface area contributed by atoms with Crippen molar-refractivity contribution in [3.63, 3.8) is 0 Å². The number of hydrogen-bond acceptors (Lipinski definition) is 8. The van der Waals surface area contributed by atoms with E-state index in [0.717, 1.165) is 0 Å². The second-order valence-electron chi connectivity index (χ2n) is 7.49. The first-order valence-corrected chi connectivity index (χ1v) is 12.1. The van der Waals surface area contributed by atoms with Crippen LogP contribution in [0, 0.1) is 0 Å². The first-order chi connectivity index (χ1) is 16.3. The Morgan fingerprint density at radius 1 is 1.18 bits per heavy atom. The summed E-state index contributed by atoms with van der Waals surface area (Å²) < 4.78 is 38.4. The Morgan fingerprint density at radius 3 is 2.59 bits per heavy atom. The molecule has 0 aliphatic carbocycles. The first kappa shape index (κ1) is 23.2. The molecule has 0 bridgehead atoms. The third-order valence-corrected chi connectivity index (χ3v) is 6.91. The highest BCUT2D eigenvalue weighted by Gasteiger charge is 2.25. The average Bonchev–Trinajstić information content (AvgIpc) is 3.34. The molecule has 1 N–H and O–H groups in total. The zero-order valence-electron chi connectivity index (χ0n) is 18.6. The number of hydrogen-bond donors (Lipinski definition) is 1. The lowest BCUT2D eigenvalue weighted by Gasteiger charge is -2.16. The highest BCUT2D eigenvalue weighted by Crippen LogP contribution is 2.37. The van der Waals surface area contributed by atoms with E-state index >= 15 is 0 Å². The van der Waals surface area contributed by atoms with Gasteiger partial charge in [-0.1, -0.05) is 18.2 Å². The zero-order chi connectivity index (χ0) is 24.3. The lowest BCUT2D eigenvalue weighted by Crippen LogP contribution is -2.15. The molecule has 0 saturated carbocycles. The van der Waals surface area contributed by atoms with Crippen molar-refractivity contribution in [2.75, 3.05) is 13.7 Å². The molecular weight excluding hydrogens is 458 g/mol. The monoisotopic (exact) mass is 481 g/mol. The van der Waals surface area contributed by atoms with Gasteiger partial charge in [0.2, 0.25) is 0 Å². The Hall–Kier alpha value is -3.92. The third-order valence-electron chi connectivity index (χ3n) is 5.27. The molecule has 2 aromatic heterocycles. The maximum absolute atomic E-state index is 13.1. The fourth-order valence-corrected chi connectivity index (χ4v) is 4.96. The van der Waals surface area contributed by atoms with E-state index < -0.39 is 21.6 Å². The molecule has 0 spiro atoms. The Bertz CT molecular complexity index is 1440. The number of carbonyl (C=O) groups is 1. The van der Waals surface area contributed by atoms with Gasteiger partial charge in [-0.3, -0.25) is 4.98 Å². The van der Waals surface area contributed by atoms with E-state index in [9.17, 15) is 18.3 Å². The molecule has 9 nitrogen and oxygen atoms in total. The van der Waals surface area contributed by atoms with E-state index in [1.165, 1.54) is 25.3 Å². The van der Waals surface area contributed by atoms with Crippen LogP contribution in [0.5, 0.6) is 11.5 Å². The number of aromatic nitrogens is 3. The molecule has 34 heavy (non-hydrogen) atoms. The minimum absolute atomic E-state index is 0.0336. The fourth-order valence-electron chi connectivity index (χ4n) is 3.64. The number of imidazole rings is 1. The van der Waals surface area contributed by atoms with Crippen molar-refractivity contribution in [3.8, 4) is 11.5 Å². The van der Waals surface area contributed by atoms with E-state index in [2.05, 4.69) is 9.97 Å². The number of pyridine rings is 1. The zero-order valence-corrected chi connectivity index (χ0v) is 19.4. The maximum Gasteiger partial charge on any atom is 0.340 e. The van der Waals surface area contributed by atoms with Gasteiger partial charge in [0, 0.05) is 23.3 Å². The number of phenolic OH excluding ortho intramolecular Hbond substituents is 1. The molecular formula is C24H23N3O6S. The van der Waals surface area contributed by atoms with E-state index in [1.807, 2.05) is 0 Å². The van der Waals surface area contributed by atoms with Crippen LogP contribution in [-0.2, 0) is 26.9 Å². The number of fused-ring (bicyclic) bond motifs is 1. The van der Waals surface area contributed by atoms with Crippen LogP contribution in [0.15, 0.2) is 66.1 Å². The quantitative estimate of drug-likeness (QED) is 0.381. The number of nitrogens with zero attached hydrogens (tertiary/aromatic N) is 3. The summed E-state index contributed by atoms with van der Waals surface area (Å²) in [6, 6.07) is 11.0. The summed E-state index contributed by atoms with van der Waals surface area (Å²) >= 11 is 0. The van der Waals surface area contributed by atoms with Crippen LogP contribution in [0.1, 0.15) is 28.5 Å². The van der Waals surface area contributed by atoms with E-state index in [0.29, 0.717) is 16.5 Å². The summed E-state index contributed by atoms with van der Waals surface area (Å²) in [7, 11) is -2.39. The van der Waals surface area contributed by atoms with Gasteiger partial charge in [-0.15, -0.1) is 0 Å². The van der Waals surface area contributed by atoms with Crippen molar-refractivity contribution >= 4 is 26.7 Å². The molecule has 0 fully saturated rings. The van der Waals surface area contributed by atoms with Crippen LogP contribution in [0.3, 0.4) is 0 Å². The number of methoxy groups -OCH3 is 1. The van der Waals surface area contributed by atoms with Gasteiger partial charge in [-0.05, 0) is 31.2 Å². The molecule has 0 aliphatic heterocycles. The molecule has 176 valence electrons. The first-order valence-electron chi connectivity index (χ1n) is 10.5. The van der Waals surface area contributed by atoms with Crippen LogP contribution in [0.4, 0.5) is 0 Å². The summed E-state index contributed by atoms with van der Waals surface area (Å²) in [6.07, 6.45) is 4.90. The van der Waals surface area contributed by atoms with Gasteiger partial charge in [-0.25, -0.2) is 18.2 Å². The predicted octanol–water partition coefficient (Wildman–Crippen LogP) is 3.34. The van der Waals surface area contributed by atoms with Crippen LogP contribution < -0.4 is 4.74 Å². The van der Waals surface area contributed by atoms with Crippen molar-refractivity contribution < 1.29 is 27.8 Å². The fraction of sp³-hybridized carbons (Fsp3) is 0.208. The number of sulfone groups is 1. The largest absolute Gasteiger partial charge is 0.504 e. The number of carbonyl (C=O) groups excluding carboxylic acids is 1. The summed E-state index contributed by atoms with van der Waals surface area (Å²) in [6.45, 7) is 1.99. The number of rotatable bonds is 8. The van der Waals surface area contributed by atoms with Crippen LogP contribution in [0.2, 0.25) is 0 Å². The van der Waals surface area contributed by atoms with E-state index in [-0.39, 0.29) is 40.8 Å². The number of esters is 1. The Labute approximate surface area is 196 Å². The van der Waals surface area contributed by atoms with E-state index in [4.69, 9.17) is 9.47 Å². The number of benzene rings is 2. The predicted molar refractivity (Wildman–Crippen MR) is 125 cm³/mol. The van der Waals surface area contributed by atoms with Gasteiger partial charge in [0.1, 0.15) is 0 Å². The highest BCUT2D eigenvalue weighted by atomic mass is 32.2. The minimum Gasteiger partial charge on any atom is -0.504 e. The molecule has 4 aromatic rings. The molecule has 10 heteroatoms. The van der Waals surface area contributed by atoms with E-state index in [1.54, 1.807) is 54.5 Å². The van der Waals surface area contributed by atoms with Crippen molar-refractivity contribution in [1.29, 1.82) is 0 Å². The molecule has 0 unspecified atom stereocenters. The number of aromatic hydroxyl groups is 1. The number of phenols is 1. The van der Waals surface area contributed by atoms with Gasteiger partial charge in [0.25, 0.3) is 0 Å². The second kappa shape index (κ2) is 9.52. The average molecular weight is 482 g/mol. The molecule has 0 amide bonds. The van der Waals surface area contributed by atoms with Crippen LogP contribution >= 0.6 is 0 Å². The molecule has 0 atom stereocenters. The summed E-state index contributed by atoms with van der Waals surface area (Å²) in [5.41, 5.74) is 0.820. The Kier molecular flexibility index (Phi) is 6.51. The summed E-state index contributed by atoms with van der Waals surface area (Å²) in [4.78, 5) is 21.5. The molecule has 2 heterocycles. The number of ether oxygens (including phenoxy) is 2. The molecule has 0 radical (unpaired) electrons. The normalized spacial score (nSPS) is 11.5. The topological polar surface area (TPSA) is 121 Å². The summed E-state index contributed by atoms with van der Waals surface area (Å²) in [5.74, 6) is -1.13. The van der Waals surface area contributed by atoms with Crippen molar-refractivity contribution in [2.45, 2.75) is 24.1 Å². The van der Waals surface area contributed by atoms with Crippen LogP contribution in [0.25, 0.3) is 10.9 Å². The Balaban J connectivity index is 1.94. The highest BCUT2D eigenvalue weighted by molar-refractivity contribution is 7.90. The molecule has 0 aliphatic rings. The third kappa shape index (κ3) is 4.58. The van der Waals surface area contributed by atoms with Gasteiger partial charge in [0.15, 0.2) is 21.3 Å². The van der Waals surface area contributed by atoms with Crippen molar-refractivity contribution in [2.24, 2.45) is 0 Å². The molecule has 2 aromatic carbocycles.